The van der Waals surface area contributed by atoms with Gasteiger partial charge >= 0.3 is 0 Å². The topological polar surface area (TPSA) is 95.6 Å². The number of carbonyl (C=O) groups excluding carboxylic acids is 2. The van der Waals surface area contributed by atoms with Gasteiger partial charge in [0.25, 0.3) is 5.91 Å². The Balaban J connectivity index is 1.68. The predicted molar refractivity (Wildman–Crippen MR) is 110 cm³/mol. The van der Waals surface area contributed by atoms with Crippen LogP contribution in [0.1, 0.15) is 18.2 Å². The summed E-state index contributed by atoms with van der Waals surface area (Å²) >= 11 is 0. The number of nitrogens with one attached hydrogen (secondary N) is 1. The number of amides is 2. The number of anilines is 1. The summed E-state index contributed by atoms with van der Waals surface area (Å²) in [5, 5.41) is 11.7. The van der Waals surface area contributed by atoms with Crippen molar-refractivity contribution in [3.8, 4) is 11.8 Å². The van der Waals surface area contributed by atoms with Gasteiger partial charge in [0.15, 0.2) is 6.10 Å². The Labute approximate surface area is 174 Å². The molecule has 0 aliphatic rings. The Morgan fingerprint density at radius 1 is 1.10 bits per heavy atom. The van der Waals surface area contributed by atoms with Crippen LogP contribution in [0.5, 0.6) is 5.75 Å². The van der Waals surface area contributed by atoms with Crippen molar-refractivity contribution in [2.24, 2.45) is 0 Å². The molecule has 1 N–H and O–H groups in total. The average Bonchev–Trinajstić information content (AvgIpc) is 3.27. The monoisotopic (exact) mass is 403 g/mol. The van der Waals surface area contributed by atoms with E-state index in [1.807, 2.05) is 24.3 Å². The minimum absolute atomic E-state index is 0.134. The van der Waals surface area contributed by atoms with Crippen LogP contribution in [0.25, 0.3) is 0 Å². The van der Waals surface area contributed by atoms with Crippen LogP contribution in [-0.2, 0) is 16.1 Å². The lowest BCUT2D eigenvalue weighted by Crippen LogP contribution is -2.43. The summed E-state index contributed by atoms with van der Waals surface area (Å²) in [7, 11) is 0. The highest BCUT2D eigenvalue weighted by Gasteiger charge is 2.25. The van der Waals surface area contributed by atoms with Crippen LogP contribution < -0.4 is 10.1 Å². The molecule has 0 aliphatic carbocycles. The first-order chi connectivity index (χ1) is 14.5. The third-order valence-corrected chi connectivity index (χ3v) is 4.27. The van der Waals surface area contributed by atoms with Gasteiger partial charge in [0.1, 0.15) is 18.1 Å². The van der Waals surface area contributed by atoms with Crippen LogP contribution in [0.2, 0.25) is 0 Å². The van der Waals surface area contributed by atoms with Crippen LogP contribution in [0.15, 0.2) is 77.4 Å². The highest BCUT2D eigenvalue weighted by atomic mass is 16.5. The number of nitrogens with zero attached hydrogens (tertiary/aromatic N) is 2. The van der Waals surface area contributed by atoms with Crippen molar-refractivity contribution in [1.82, 2.24) is 4.90 Å². The van der Waals surface area contributed by atoms with Gasteiger partial charge in [-0.1, -0.05) is 18.2 Å². The lowest BCUT2D eigenvalue weighted by atomic mass is 10.2. The number of nitriles is 1. The molecule has 2 amide bonds. The van der Waals surface area contributed by atoms with E-state index in [0.717, 1.165) is 0 Å². The third kappa shape index (κ3) is 5.72. The first-order valence-corrected chi connectivity index (χ1v) is 9.38. The van der Waals surface area contributed by atoms with Gasteiger partial charge in [-0.25, -0.2) is 0 Å². The predicted octanol–water partition coefficient (Wildman–Crippen LogP) is 3.59. The smallest absolute Gasteiger partial charge is 0.264 e. The summed E-state index contributed by atoms with van der Waals surface area (Å²) in [5.41, 5.74) is 1.15. The van der Waals surface area contributed by atoms with E-state index in [-0.39, 0.29) is 24.9 Å². The highest BCUT2D eigenvalue weighted by molar-refractivity contribution is 5.95. The van der Waals surface area contributed by atoms with E-state index in [1.54, 1.807) is 55.5 Å². The maximum atomic E-state index is 13.0. The minimum Gasteiger partial charge on any atom is -0.481 e. The molecule has 0 saturated heterocycles. The normalized spacial score (nSPS) is 11.2. The van der Waals surface area contributed by atoms with Gasteiger partial charge in [-0.2, -0.15) is 5.26 Å². The zero-order chi connectivity index (χ0) is 21.3. The van der Waals surface area contributed by atoms with E-state index in [9.17, 15) is 9.59 Å². The summed E-state index contributed by atoms with van der Waals surface area (Å²) in [6, 6.07) is 21.0. The summed E-state index contributed by atoms with van der Waals surface area (Å²) in [6.07, 6.45) is 0.677. The van der Waals surface area contributed by atoms with E-state index in [1.165, 1.54) is 11.2 Å². The molecule has 1 aromatic heterocycles. The van der Waals surface area contributed by atoms with Crippen molar-refractivity contribution in [2.45, 2.75) is 19.6 Å². The molecule has 0 fully saturated rings. The highest BCUT2D eigenvalue weighted by Crippen LogP contribution is 2.16. The SMILES string of the molecule is CC(Oc1ccc(C#N)cc1)C(=O)N(CC(=O)Nc1ccccc1)Cc1ccco1. The Kier molecular flexibility index (Phi) is 6.85. The molecule has 7 heteroatoms. The molecule has 0 aliphatic heterocycles. The summed E-state index contributed by atoms with van der Waals surface area (Å²) in [6.45, 7) is 1.59. The number of carbonyl (C=O) groups is 2. The molecular weight excluding hydrogens is 382 g/mol. The number of benzene rings is 2. The lowest BCUT2D eigenvalue weighted by molar-refractivity contribution is -0.141. The van der Waals surface area contributed by atoms with Crippen molar-refractivity contribution in [2.75, 3.05) is 11.9 Å². The first kappa shape index (κ1) is 20.7. The van der Waals surface area contributed by atoms with Gasteiger partial charge in [0.2, 0.25) is 5.91 Å². The first-order valence-electron chi connectivity index (χ1n) is 9.38. The van der Waals surface area contributed by atoms with Crippen molar-refractivity contribution in [3.63, 3.8) is 0 Å². The van der Waals surface area contributed by atoms with Crippen molar-refractivity contribution >= 4 is 17.5 Å². The Hall–Kier alpha value is -4.05. The summed E-state index contributed by atoms with van der Waals surface area (Å²) < 4.78 is 11.1. The summed E-state index contributed by atoms with van der Waals surface area (Å²) in [4.78, 5) is 26.9. The van der Waals surface area contributed by atoms with E-state index < -0.39 is 6.10 Å². The van der Waals surface area contributed by atoms with Crippen LogP contribution in [0.3, 0.4) is 0 Å². The molecule has 1 unspecified atom stereocenters. The van der Waals surface area contributed by atoms with Crippen molar-refractivity contribution < 1.29 is 18.7 Å². The maximum absolute atomic E-state index is 13.0. The zero-order valence-corrected chi connectivity index (χ0v) is 16.4. The second-order valence-electron chi connectivity index (χ2n) is 6.58. The van der Waals surface area contributed by atoms with Gasteiger partial charge < -0.3 is 19.4 Å². The van der Waals surface area contributed by atoms with Crippen LogP contribution in [0.4, 0.5) is 5.69 Å². The van der Waals surface area contributed by atoms with Crippen LogP contribution >= 0.6 is 0 Å². The van der Waals surface area contributed by atoms with Gasteiger partial charge in [-0.3, -0.25) is 9.59 Å². The maximum Gasteiger partial charge on any atom is 0.264 e. The molecule has 1 atom stereocenters. The van der Waals surface area contributed by atoms with Gasteiger partial charge in [0.05, 0.1) is 24.4 Å². The second-order valence-corrected chi connectivity index (χ2v) is 6.58. The zero-order valence-electron chi connectivity index (χ0n) is 16.4. The fraction of sp³-hybridized carbons (Fsp3) is 0.174. The Morgan fingerprint density at radius 3 is 2.47 bits per heavy atom. The second kappa shape index (κ2) is 9.94. The molecule has 3 rings (SSSR count). The molecule has 2 aromatic carbocycles. The number of furan rings is 1. The number of rotatable bonds is 8. The fourth-order valence-electron chi connectivity index (χ4n) is 2.82. The Morgan fingerprint density at radius 2 is 1.83 bits per heavy atom. The fourth-order valence-corrected chi connectivity index (χ4v) is 2.82. The van der Waals surface area contributed by atoms with E-state index in [2.05, 4.69) is 5.32 Å². The molecule has 152 valence electrons. The Bertz CT molecular complexity index is 1010. The molecule has 0 saturated carbocycles. The number of hydrogen-bond donors (Lipinski definition) is 1. The van der Waals surface area contributed by atoms with Gasteiger partial charge in [-0.15, -0.1) is 0 Å². The largest absolute Gasteiger partial charge is 0.481 e. The van der Waals surface area contributed by atoms with Gasteiger partial charge in [0, 0.05) is 5.69 Å². The average molecular weight is 403 g/mol. The molecule has 0 bridgehead atoms. The molecular formula is C23H21N3O4. The van der Waals surface area contributed by atoms with E-state index in [0.29, 0.717) is 22.8 Å². The lowest BCUT2D eigenvalue weighted by Gasteiger charge is -2.25. The number of ether oxygens (including phenoxy) is 1. The third-order valence-electron chi connectivity index (χ3n) is 4.27. The molecule has 0 spiro atoms. The van der Waals surface area contributed by atoms with E-state index in [4.69, 9.17) is 14.4 Å². The van der Waals surface area contributed by atoms with Crippen molar-refractivity contribution in [3.05, 3.63) is 84.3 Å². The summed E-state index contributed by atoms with van der Waals surface area (Å²) in [5.74, 6) is 0.327. The molecule has 0 radical (unpaired) electrons. The molecule has 1 heterocycles. The number of hydrogen-bond acceptors (Lipinski definition) is 5. The quantitative estimate of drug-likeness (QED) is 0.620. The molecule has 3 aromatic rings. The van der Waals surface area contributed by atoms with E-state index >= 15 is 0 Å². The number of para-hydroxylation sites is 1. The van der Waals surface area contributed by atoms with Crippen molar-refractivity contribution in [1.29, 1.82) is 5.26 Å². The van der Waals surface area contributed by atoms with Crippen LogP contribution in [-0.4, -0.2) is 29.4 Å². The standard InChI is InChI=1S/C23H21N3O4/c1-17(30-20-11-9-18(14-24)10-12-20)23(28)26(15-21-8-5-13-29-21)16-22(27)25-19-6-3-2-4-7-19/h2-13,17H,15-16H2,1H3,(H,25,27). The molecule has 7 nitrogen and oxygen atoms in total. The van der Waals surface area contributed by atoms with Crippen LogP contribution in [0, 0.1) is 11.3 Å². The minimum atomic E-state index is -0.836. The molecule has 30 heavy (non-hydrogen) atoms. The van der Waals surface area contributed by atoms with Gasteiger partial charge in [-0.05, 0) is 55.5 Å².